The van der Waals surface area contributed by atoms with Gasteiger partial charge in [0.2, 0.25) is 0 Å². The lowest BCUT2D eigenvalue weighted by atomic mass is 10.1. The average Bonchev–Trinajstić information content (AvgIpc) is 2.53. The maximum Gasteiger partial charge on any atom is 0.340 e. The number of pyridine rings is 1. The Balaban J connectivity index is 2.58. The van der Waals surface area contributed by atoms with Gasteiger partial charge in [-0.15, -0.1) is 0 Å². The quantitative estimate of drug-likeness (QED) is 0.760. The summed E-state index contributed by atoms with van der Waals surface area (Å²) in [6, 6.07) is 7.87. The van der Waals surface area contributed by atoms with Crippen LogP contribution in [0.3, 0.4) is 0 Å². The Morgan fingerprint density at radius 2 is 1.76 bits per heavy atom. The molecule has 0 aliphatic carbocycles. The van der Waals surface area contributed by atoms with Gasteiger partial charge in [-0.2, -0.15) is 0 Å². The van der Waals surface area contributed by atoms with Crippen molar-refractivity contribution in [3.63, 3.8) is 0 Å². The van der Waals surface area contributed by atoms with E-state index in [1.807, 2.05) is 24.3 Å². The number of anilines is 1. The largest absolute Gasteiger partial charge is 0.465 e. The third-order valence-electron chi connectivity index (χ3n) is 3.47. The van der Waals surface area contributed by atoms with Gasteiger partial charge in [-0.3, -0.25) is 0 Å². The summed E-state index contributed by atoms with van der Waals surface area (Å²) in [6.07, 6.45) is 3.76. The van der Waals surface area contributed by atoms with Crippen LogP contribution < -0.4 is 4.90 Å². The van der Waals surface area contributed by atoms with Crippen molar-refractivity contribution < 1.29 is 9.53 Å². The summed E-state index contributed by atoms with van der Waals surface area (Å²) in [5, 5.41) is 1.90. The Kier molecular flexibility index (Phi) is 5.14. The van der Waals surface area contributed by atoms with E-state index < -0.39 is 0 Å². The van der Waals surface area contributed by atoms with Gasteiger partial charge < -0.3 is 9.64 Å². The first-order chi connectivity index (χ1) is 10.2. The molecule has 0 bridgehead atoms. The summed E-state index contributed by atoms with van der Waals surface area (Å²) < 4.78 is 4.85. The molecule has 0 N–H and O–H groups in total. The van der Waals surface area contributed by atoms with Gasteiger partial charge in [-0.1, -0.05) is 38.1 Å². The fraction of sp³-hybridized carbons (Fsp3) is 0.412. The molecule has 4 heteroatoms. The zero-order valence-electron chi connectivity index (χ0n) is 12.9. The Bertz CT molecular complexity index is 619. The van der Waals surface area contributed by atoms with E-state index in [0.29, 0.717) is 5.56 Å². The molecule has 1 aromatic heterocycles. The number of benzene rings is 1. The highest BCUT2D eigenvalue weighted by Crippen LogP contribution is 2.27. The van der Waals surface area contributed by atoms with Gasteiger partial charge in [-0.25, -0.2) is 9.78 Å². The Morgan fingerprint density at radius 1 is 1.14 bits per heavy atom. The Hall–Kier alpha value is -2.10. The maximum atomic E-state index is 11.9. The van der Waals surface area contributed by atoms with E-state index in [4.69, 9.17) is 4.74 Å². The number of fused-ring (bicyclic) bond motifs is 1. The minimum Gasteiger partial charge on any atom is -0.465 e. The Labute approximate surface area is 125 Å². The van der Waals surface area contributed by atoms with Crippen LogP contribution in [0.2, 0.25) is 0 Å². The van der Waals surface area contributed by atoms with Crippen molar-refractivity contribution in [1.82, 2.24) is 4.98 Å². The van der Waals surface area contributed by atoms with E-state index in [0.717, 1.165) is 42.5 Å². The van der Waals surface area contributed by atoms with E-state index in [-0.39, 0.29) is 5.97 Å². The summed E-state index contributed by atoms with van der Waals surface area (Å²) in [5.41, 5.74) is 0.518. The molecule has 0 atom stereocenters. The van der Waals surface area contributed by atoms with Crippen molar-refractivity contribution >= 4 is 22.6 Å². The standard InChI is InChI=1S/C17H22N2O2/c1-4-10-19(11-5-2)16-14-9-7-6-8-13(14)15(12-18-16)17(20)21-3/h6-9,12H,4-5,10-11H2,1-3H3. The molecule has 0 fully saturated rings. The predicted octanol–water partition coefficient (Wildman–Crippen LogP) is 3.65. The second kappa shape index (κ2) is 7.07. The molecule has 0 radical (unpaired) electrons. The third kappa shape index (κ3) is 3.15. The lowest BCUT2D eigenvalue weighted by Crippen LogP contribution is -2.26. The topological polar surface area (TPSA) is 42.4 Å². The van der Waals surface area contributed by atoms with Gasteiger partial charge in [0, 0.05) is 30.1 Å². The molecular formula is C17H22N2O2. The van der Waals surface area contributed by atoms with Crippen LogP contribution in [-0.4, -0.2) is 31.2 Å². The minimum absolute atomic E-state index is 0.345. The number of rotatable bonds is 6. The van der Waals surface area contributed by atoms with E-state index in [1.165, 1.54) is 7.11 Å². The van der Waals surface area contributed by atoms with Gasteiger partial charge in [0.05, 0.1) is 12.7 Å². The molecule has 4 nitrogen and oxygen atoms in total. The molecule has 112 valence electrons. The molecule has 0 amide bonds. The van der Waals surface area contributed by atoms with Crippen LogP contribution in [0, 0.1) is 0 Å². The van der Waals surface area contributed by atoms with Gasteiger partial charge in [0.15, 0.2) is 0 Å². The van der Waals surface area contributed by atoms with Crippen molar-refractivity contribution in [2.75, 3.05) is 25.1 Å². The molecule has 2 rings (SSSR count). The molecule has 1 heterocycles. The van der Waals surface area contributed by atoms with Crippen molar-refractivity contribution in [1.29, 1.82) is 0 Å². The number of esters is 1. The van der Waals surface area contributed by atoms with Crippen LogP contribution in [0.5, 0.6) is 0 Å². The summed E-state index contributed by atoms with van der Waals surface area (Å²) in [6.45, 7) is 6.24. The number of hydrogen-bond donors (Lipinski definition) is 0. The molecule has 0 saturated carbocycles. The molecule has 0 spiro atoms. The van der Waals surface area contributed by atoms with E-state index in [1.54, 1.807) is 6.20 Å². The van der Waals surface area contributed by atoms with Crippen molar-refractivity contribution in [3.8, 4) is 0 Å². The first kappa shape index (κ1) is 15.3. The van der Waals surface area contributed by atoms with Gasteiger partial charge in [0.1, 0.15) is 5.82 Å². The predicted molar refractivity (Wildman–Crippen MR) is 85.9 cm³/mol. The number of methoxy groups -OCH3 is 1. The molecule has 21 heavy (non-hydrogen) atoms. The Morgan fingerprint density at radius 3 is 2.33 bits per heavy atom. The summed E-state index contributed by atoms with van der Waals surface area (Å²) in [4.78, 5) is 18.7. The van der Waals surface area contributed by atoms with E-state index in [2.05, 4.69) is 23.7 Å². The molecule has 0 aliphatic rings. The molecule has 2 aromatic rings. The van der Waals surface area contributed by atoms with Crippen LogP contribution in [0.15, 0.2) is 30.5 Å². The van der Waals surface area contributed by atoms with Crippen molar-refractivity contribution in [2.24, 2.45) is 0 Å². The number of hydrogen-bond acceptors (Lipinski definition) is 4. The second-order valence-electron chi connectivity index (χ2n) is 5.02. The minimum atomic E-state index is -0.345. The first-order valence-electron chi connectivity index (χ1n) is 7.43. The molecule has 0 saturated heterocycles. The lowest BCUT2D eigenvalue weighted by molar-refractivity contribution is 0.0602. The third-order valence-corrected chi connectivity index (χ3v) is 3.47. The lowest BCUT2D eigenvalue weighted by Gasteiger charge is -2.24. The smallest absolute Gasteiger partial charge is 0.340 e. The highest BCUT2D eigenvalue weighted by atomic mass is 16.5. The number of aromatic nitrogens is 1. The monoisotopic (exact) mass is 286 g/mol. The van der Waals surface area contributed by atoms with Crippen LogP contribution in [0.25, 0.3) is 10.8 Å². The number of ether oxygens (including phenoxy) is 1. The average molecular weight is 286 g/mol. The SMILES string of the molecule is CCCN(CCC)c1ncc(C(=O)OC)c2ccccc12. The van der Waals surface area contributed by atoms with Crippen LogP contribution in [-0.2, 0) is 4.74 Å². The molecule has 0 unspecified atom stereocenters. The van der Waals surface area contributed by atoms with Gasteiger partial charge in [-0.05, 0) is 12.8 Å². The molecular weight excluding hydrogens is 264 g/mol. The van der Waals surface area contributed by atoms with Crippen LogP contribution in [0.4, 0.5) is 5.82 Å². The highest BCUT2D eigenvalue weighted by molar-refractivity contribution is 6.07. The summed E-state index contributed by atoms with van der Waals surface area (Å²) in [7, 11) is 1.39. The molecule has 1 aromatic carbocycles. The number of nitrogens with zero attached hydrogens (tertiary/aromatic N) is 2. The highest BCUT2D eigenvalue weighted by Gasteiger charge is 2.16. The fourth-order valence-electron chi connectivity index (χ4n) is 2.57. The van der Waals surface area contributed by atoms with Crippen LogP contribution >= 0.6 is 0 Å². The number of carbonyl (C=O) groups is 1. The number of carbonyl (C=O) groups excluding carboxylic acids is 1. The fourth-order valence-corrected chi connectivity index (χ4v) is 2.57. The van der Waals surface area contributed by atoms with E-state index >= 15 is 0 Å². The van der Waals surface area contributed by atoms with Gasteiger partial charge in [0.25, 0.3) is 0 Å². The van der Waals surface area contributed by atoms with E-state index in [9.17, 15) is 4.79 Å². The second-order valence-corrected chi connectivity index (χ2v) is 5.02. The first-order valence-corrected chi connectivity index (χ1v) is 7.43. The van der Waals surface area contributed by atoms with Gasteiger partial charge >= 0.3 is 5.97 Å². The normalized spacial score (nSPS) is 10.6. The maximum absolute atomic E-state index is 11.9. The summed E-state index contributed by atoms with van der Waals surface area (Å²) in [5.74, 6) is 0.602. The summed E-state index contributed by atoms with van der Waals surface area (Å²) >= 11 is 0. The molecule has 0 aliphatic heterocycles. The zero-order valence-corrected chi connectivity index (χ0v) is 12.9. The van der Waals surface area contributed by atoms with Crippen molar-refractivity contribution in [2.45, 2.75) is 26.7 Å². The van der Waals surface area contributed by atoms with Crippen molar-refractivity contribution in [3.05, 3.63) is 36.0 Å². The zero-order chi connectivity index (χ0) is 15.2. The van der Waals surface area contributed by atoms with Crippen LogP contribution in [0.1, 0.15) is 37.0 Å².